The number of aromatic nitrogens is 3. The molecule has 1 aliphatic heterocycles. The number of ether oxygens (including phenoxy) is 1. The van der Waals surface area contributed by atoms with E-state index < -0.39 is 11.7 Å². The van der Waals surface area contributed by atoms with Crippen molar-refractivity contribution in [2.75, 3.05) is 18.4 Å². The molecule has 10 heteroatoms. The summed E-state index contributed by atoms with van der Waals surface area (Å²) in [7, 11) is 0. The van der Waals surface area contributed by atoms with Gasteiger partial charge in [-0.2, -0.15) is 0 Å². The minimum absolute atomic E-state index is 0.168. The van der Waals surface area contributed by atoms with Crippen LogP contribution < -0.4 is 5.32 Å². The first-order valence-corrected chi connectivity index (χ1v) is 14.1. The Morgan fingerprint density at radius 1 is 1.15 bits per heavy atom. The highest BCUT2D eigenvalue weighted by Gasteiger charge is 2.37. The van der Waals surface area contributed by atoms with Crippen molar-refractivity contribution < 1.29 is 18.7 Å². The molecule has 220 valence electrons. The van der Waals surface area contributed by atoms with E-state index in [0.717, 1.165) is 11.1 Å². The highest BCUT2D eigenvalue weighted by Crippen LogP contribution is 2.34. The Hall–Kier alpha value is -3.95. The third-order valence-electron chi connectivity index (χ3n) is 6.60. The smallest absolute Gasteiger partial charge is 0.410 e. The molecule has 0 saturated heterocycles. The van der Waals surface area contributed by atoms with E-state index in [1.165, 1.54) is 6.26 Å². The van der Waals surface area contributed by atoms with Crippen molar-refractivity contribution in [3.63, 3.8) is 0 Å². The fourth-order valence-electron chi connectivity index (χ4n) is 4.75. The van der Waals surface area contributed by atoms with Gasteiger partial charge in [-0.05, 0) is 37.8 Å². The molecule has 0 bridgehead atoms. The molecule has 1 unspecified atom stereocenters. The molecule has 2 aromatic heterocycles. The summed E-state index contributed by atoms with van der Waals surface area (Å²) in [5, 5.41) is 3.25. The monoisotopic (exact) mass is 562 g/mol. The first-order valence-electron chi connectivity index (χ1n) is 14.1. The number of hydrogen-bond acceptors (Lipinski definition) is 8. The molecule has 41 heavy (non-hydrogen) atoms. The van der Waals surface area contributed by atoms with Gasteiger partial charge in [-0.15, -0.1) is 0 Å². The summed E-state index contributed by atoms with van der Waals surface area (Å²) in [4.78, 5) is 44.7. The molecule has 3 heterocycles. The average molecular weight is 563 g/mol. The SMILES string of the molecule is CC(C)CN(C(=O)c1cnc(C(C)(C)C)nc1NCc1ncco1)C1CN(C(=O)OC(C)(C)C)Cc2ccccc21. The van der Waals surface area contributed by atoms with Crippen molar-refractivity contribution in [2.45, 2.75) is 85.5 Å². The zero-order valence-electron chi connectivity index (χ0n) is 25.4. The van der Waals surface area contributed by atoms with Crippen molar-refractivity contribution >= 4 is 17.8 Å². The number of carbonyl (C=O) groups excluding carboxylic acids is 2. The number of nitrogens with zero attached hydrogens (tertiary/aromatic N) is 5. The molecule has 2 amide bonds. The quantitative estimate of drug-likeness (QED) is 0.375. The molecule has 1 atom stereocenters. The Kier molecular flexibility index (Phi) is 8.70. The highest BCUT2D eigenvalue weighted by atomic mass is 16.6. The van der Waals surface area contributed by atoms with Gasteiger partial charge in [0.05, 0.1) is 18.8 Å². The third-order valence-corrected chi connectivity index (χ3v) is 6.60. The number of carbonyl (C=O) groups is 2. The van der Waals surface area contributed by atoms with Crippen molar-refractivity contribution in [3.8, 4) is 0 Å². The zero-order valence-corrected chi connectivity index (χ0v) is 25.4. The molecule has 1 N–H and O–H groups in total. The highest BCUT2D eigenvalue weighted by molar-refractivity contribution is 5.98. The predicted molar refractivity (Wildman–Crippen MR) is 156 cm³/mol. The van der Waals surface area contributed by atoms with E-state index in [9.17, 15) is 9.59 Å². The summed E-state index contributed by atoms with van der Waals surface area (Å²) in [6.45, 7) is 17.2. The van der Waals surface area contributed by atoms with Crippen LogP contribution in [-0.4, -0.2) is 55.4 Å². The van der Waals surface area contributed by atoms with Crippen LogP contribution in [-0.2, 0) is 23.2 Å². The van der Waals surface area contributed by atoms with Gasteiger partial charge in [0.1, 0.15) is 29.1 Å². The number of fused-ring (bicyclic) bond motifs is 1. The molecule has 4 rings (SSSR count). The number of amides is 2. The maximum Gasteiger partial charge on any atom is 0.410 e. The first kappa shape index (κ1) is 30.0. The van der Waals surface area contributed by atoms with Gasteiger partial charge in [-0.1, -0.05) is 58.9 Å². The van der Waals surface area contributed by atoms with Crippen LogP contribution >= 0.6 is 0 Å². The molecule has 0 spiro atoms. The fourth-order valence-corrected chi connectivity index (χ4v) is 4.75. The predicted octanol–water partition coefficient (Wildman–Crippen LogP) is 5.96. The lowest BCUT2D eigenvalue weighted by atomic mass is 9.93. The van der Waals surface area contributed by atoms with E-state index in [2.05, 4.69) is 29.1 Å². The van der Waals surface area contributed by atoms with Gasteiger partial charge < -0.3 is 24.3 Å². The molecule has 0 radical (unpaired) electrons. The average Bonchev–Trinajstić information content (AvgIpc) is 3.41. The Balaban J connectivity index is 1.74. The van der Waals surface area contributed by atoms with Crippen molar-refractivity contribution in [1.29, 1.82) is 0 Å². The summed E-state index contributed by atoms with van der Waals surface area (Å²) < 4.78 is 11.1. The Bertz CT molecular complexity index is 1360. The lowest BCUT2D eigenvalue weighted by Gasteiger charge is -2.41. The van der Waals surface area contributed by atoms with Crippen LogP contribution in [0.1, 0.15) is 94.6 Å². The van der Waals surface area contributed by atoms with Crippen LogP contribution in [0.2, 0.25) is 0 Å². The van der Waals surface area contributed by atoms with Gasteiger partial charge in [-0.25, -0.2) is 19.7 Å². The van der Waals surface area contributed by atoms with Gasteiger partial charge in [-0.3, -0.25) is 4.79 Å². The number of anilines is 1. The van der Waals surface area contributed by atoms with Gasteiger partial charge in [0, 0.05) is 31.2 Å². The third kappa shape index (κ3) is 7.42. The van der Waals surface area contributed by atoms with Gasteiger partial charge in [0.2, 0.25) is 5.89 Å². The number of benzene rings is 1. The Morgan fingerprint density at radius 2 is 1.88 bits per heavy atom. The van der Waals surface area contributed by atoms with Crippen LogP contribution in [0.5, 0.6) is 0 Å². The molecule has 10 nitrogen and oxygen atoms in total. The fraction of sp³-hybridized carbons (Fsp3) is 0.516. The molecule has 3 aromatic rings. The standard InChI is InChI=1S/C31H42N6O4/c1-20(2)17-37(24-19-36(29(39)41-31(6,7)8)18-21-11-9-10-12-22(21)24)27(38)23-15-34-28(30(3,4)5)35-26(23)33-16-25-32-13-14-40-25/h9-15,20,24H,16-19H2,1-8H3,(H,33,34,35). The molecule has 0 aliphatic carbocycles. The van der Waals surface area contributed by atoms with Crippen LogP contribution in [0, 0.1) is 5.92 Å². The largest absolute Gasteiger partial charge is 0.447 e. The second-order valence-corrected chi connectivity index (χ2v) is 12.9. The summed E-state index contributed by atoms with van der Waals surface area (Å²) in [6.07, 6.45) is 4.28. The second-order valence-electron chi connectivity index (χ2n) is 12.9. The summed E-state index contributed by atoms with van der Waals surface area (Å²) in [5.74, 6) is 1.45. The zero-order chi connectivity index (χ0) is 29.9. The number of oxazole rings is 1. The summed E-state index contributed by atoms with van der Waals surface area (Å²) in [6, 6.07) is 7.57. The van der Waals surface area contributed by atoms with Crippen LogP contribution in [0.3, 0.4) is 0 Å². The molecule has 0 saturated carbocycles. The van der Waals surface area contributed by atoms with Gasteiger partial charge in [0.25, 0.3) is 5.91 Å². The Morgan fingerprint density at radius 3 is 2.51 bits per heavy atom. The minimum Gasteiger partial charge on any atom is -0.447 e. The van der Waals surface area contributed by atoms with Crippen LogP contribution in [0.15, 0.2) is 47.3 Å². The van der Waals surface area contributed by atoms with E-state index in [1.54, 1.807) is 17.3 Å². The first-order chi connectivity index (χ1) is 19.2. The van der Waals surface area contributed by atoms with E-state index in [0.29, 0.717) is 42.7 Å². The molecule has 1 aliphatic rings. The van der Waals surface area contributed by atoms with Crippen LogP contribution in [0.25, 0.3) is 0 Å². The van der Waals surface area contributed by atoms with E-state index in [-0.39, 0.29) is 29.8 Å². The van der Waals surface area contributed by atoms with E-state index in [4.69, 9.17) is 14.1 Å². The van der Waals surface area contributed by atoms with E-state index in [1.807, 2.05) is 70.7 Å². The molecular weight excluding hydrogens is 520 g/mol. The normalized spacial score (nSPS) is 15.4. The van der Waals surface area contributed by atoms with Crippen molar-refractivity contribution in [3.05, 3.63) is 71.3 Å². The minimum atomic E-state index is -0.632. The van der Waals surface area contributed by atoms with Gasteiger partial charge >= 0.3 is 6.09 Å². The number of nitrogens with one attached hydrogen (secondary N) is 1. The van der Waals surface area contributed by atoms with Crippen LogP contribution in [0.4, 0.5) is 10.6 Å². The summed E-state index contributed by atoms with van der Waals surface area (Å²) >= 11 is 0. The Labute approximate surface area is 242 Å². The van der Waals surface area contributed by atoms with E-state index >= 15 is 0 Å². The number of hydrogen-bond donors (Lipinski definition) is 1. The molecule has 0 fully saturated rings. The topological polar surface area (TPSA) is 114 Å². The second kappa shape index (κ2) is 11.9. The maximum absolute atomic E-state index is 14.5. The maximum atomic E-state index is 14.5. The lowest BCUT2D eigenvalue weighted by molar-refractivity contribution is 0.0123. The van der Waals surface area contributed by atoms with Crippen molar-refractivity contribution in [2.24, 2.45) is 5.92 Å². The number of rotatable bonds is 7. The molecule has 1 aromatic carbocycles. The summed E-state index contributed by atoms with van der Waals surface area (Å²) in [5.41, 5.74) is 1.39. The molecular formula is C31H42N6O4. The van der Waals surface area contributed by atoms with Gasteiger partial charge in [0.15, 0.2) is 0 Å². The lowest BCUT2D eigenvalue weighted by Crippen LogP contribution is -2.48. The van der Waals surface area contributed by atoms with Crippen molar-refractivity contribution in [1.82, 2.24) is 24.8 Å².